The number of likely N-dealkylation sites (tertiary alicyclic amines) is 1. The number of amides is 1. The van der Waals surface area contributed by atoms with Gasteiger partial charge in [0.25, 0.3) is 5.69 Å². The topological polar surface area (TPSA) is 93.3 Å². The highest BCUT2D eigenvalue weighted by Crippen LogP contribution is 2.22. The number of carbonyl (C=O) groups excluding carboxylic acids is 1. The highest BCUT2D eigenvalue weighted by atomic mass is 16.6. The minimum absolute atomic E-state index is 0.0318. The molecule has 1 aliphatic heterocycles. The van der Waals surface area contributed by atoms with E-state index in [-0.39, 0.29) is 11.6 Å². The van der Waals surface area contributed by atoms with Gasteiger partial charge in [0, 0.05) is 24.4 Å². The second-order valence-corrected chi connectivity index (χ2v) is 7.46. The lowest BCUT2D eigenvalue weighted by Crippen LogP contribution is -2.39. The molecule has 8 heteroatoms. The first-order chi connectivity index (χ1) is 14.1. The normalized spacial score (nSPS) is 15.4. The Labute approximate surface area is 168 Å². The summed E-state index contributed by atoms with van der Waals surface area (Å²) >= 11 is 0. The summed E-state index contributed by atoms with van der Waals surface area (Å²) in [5.41, 5.74) is 2.59. The van der Waals surface area contributed by atoms with E-state index in [4.69, 9.17) is 0 Å². The zero-order chi connectivity index (χ0) is 20.2. The van der Waals surface area contributed by atoms with Crippen molar-refractivity contribution in [3.05, 3.63) is 65.0 Å². The summed E-state index contributed by atoms with van der Waals surface area (Å²) in [6.07, 6.45) is 3.96. The van der Waals surface area contributed by atoms with Crippen LogP contribution in [0.2, 0.25) is 0 Å². The number of fused-ring (bicyclic) bond motifs is 1. The fraction of sp³-hybridized carbons (Fsp3) is 0.333. The van der Waals surface area contributed by atoms with Gasteiger partial charge >= 0.3 is 0 Å². The largest absolute Gasteiger partial charge is 0.330 e. The molecule has 150 valence electrons. The minimum Gasteiger partial charge on any atom is -0.330 e. The number of anilines is 1. The average molecular weight is 393 g/mol. The molecule has 0 radical (unpaired) electrons. The Morgan fingerprint density at radius 1 is 1.17 bits per heavy atom. The SMILES string of the molecule is O=C(CN1CCC(Cn2cnc3ccccc32)CC1)Nc1cccc([N+](=O)[O-])c1. The van der Waals surface area contributed by atoms with Crippen LogP contribution in [0.25, 0.3) is 11.0 Å². The first-order valence-electron chi connectivity index (χ1n) is 9.75. The summed E-state index contributed by atoms with van der Waals surface area (Å²) in [4.78, 5) is 29.3. The van der Waals surface area contributed by atoms with Gasteiger partial charge in [-0.1, -0.05) is 18.2 Å². The van der Waals surface area contributed by atoms with Crippen molar-refractivity contribution in [1.82, 2.24) is 14.5 Å². The number of nitrogens with one attached hydrogen (secondary N) is 1. The number of piperidine rings is 1. The summed E-state index contributed by atoms with van der Waals surface area (Å²) in [7, 11) is 0. The van der Waals surface area contributed by atoms with Crippen molar-refractivity contribution in [2.45, 2.75) is 19.4 Å². The van der Waals surface area contributed by atoms with E-state index in [2.05, 4.69) is 25.8 Å². The lowest BCUT2D eigenvalue weighted by atomic mass is 9.96. The number of hydrogen-bond donors (Lipinski definition) is 1. The molecule has 2 aromatic carbocycles. The summed E-state index contributed by atoms with van der Waals surface area (Å²) in [6.45, 7) is 2.96. The molecule has 8 nitrogen and oxygen atoms in total. The van der Waals surface area contributed by atoms with Crippen LogP contribution in [0.5, 0.6) is 0 Å². The average Bonchev–Trinajstić information content (AvgIpc) is 3.12. The van der Waals surface area contributed by atoms with Gasteiger partial charge in [0.2, 0.25) is 5.91 Å². The number of nitro benzene ring substituents is 1. The fourth-order valence-corrected chi connectivity index (χ4v) is 3.86. The Bertz CT molecular complexity index is 1020. The molecule has 0 saturated carbocycles. The molecule has 1 amide bonds. The molecule has 29 heavy (non-hydrogen) atoms. The smallest absolute Gasteiger partial charge is 0.271 e. The monoisotopic (exact) mass is 393 g/mol. The number of rotatable bonds is 6. The van der Waals surface area contributed by atoms with Crippen molar-refractivity contribution in [1.29, 1.82) is 0 Å². The molecule has 1 saturated heterocycles. The third-order valence-corrected chi connectivity index (χ3v) is 5.40. The Morgan fingerprint density at radius 3 is 2.76 bits per heavy atom. The molecule has 1 aromatic heterocycles. The molecule has 2 heterocycles. The predicted molar refractivity (Wildman–Crippen MR) is 111 cm³/mol. The molecule has 3 aromatic rings. The standard InChI is InChI=1S/C21H23N5O3/c27-21(23-17-4-3-5-18(12-17)26(28)29)14-24-10-8-16(9-11-24)13-25-15-22-19-6-1-2-7-20(19)25/h1-7,12,15-16H,8-11,13-14H2,(H,23,27). The molecule has 0 aliphatic carbocycles. The van der Waals surface area contributed by atoms with Crippen molar-refractivity contribution in [3.8, 4) is 0 Å². The van der Waals surface area contributed by atoms with Gasteiger partial charge in [-0.2, -0.15) is 0 Å². The molecule has 0 bridgehead atoms. The first-order valence-corrected chi connectivity index (χ1v) is 9.75. The van der Waals surface area contributed by atoms with Crippen molar-refractivity contribution in [2.75, 3.05) is 25.0 Å². The summed E-state index contributed by atoms with van der Waals surface area (Å²) in [6, 6.07) is 14.2. The van der Waals surface area contributed by atoms with E-state index < -0.39 is 4.92 Å². The number of para-hydroxylation sites is 2. The van der Waals surface area contributed by atoms with E-state index >= 15 is 0 Å². The molecule has 0 spiro atoms. The molecule has 1 fully saturated rings. The van der Waals surface area contributed by atoms with Crippen LogP contribution in [0.3, 0.4) is 0 Å². The molecule has 0 atom stereocenters. The van der Waals surface area contributed by atoms with E-state index in [0.717, 1.165) is 43.5 Å². The second-order valence-electron chi connectivity index (χ2n) is 7.46. The van der Waals surface area contributed by atoms with Crippen molar-refractivity contribution in [2.24, 2.45) is 5.92 Å². The number of nitro groups is 1. The van der Waals surface area contributed by atoms with E-state index in [0.29, 0.717) is 18.2 Å². The molecular formula is C21H23N5O3. The van der Waals surface area contributed by atoms with Crippen molar-refractivity contribution in [3.63, 3.8) is 0 Å². The van der Waals surface area contributed by atoms with E-state index in [1.807, 2.05) is 24.5 Å². The van der Waals surface area contributed by atoms with E-state index in [1.54, 1.807) is 12.1 Å². The van der Waals surface area contributed by atoms with Crippen LogP contribution in [-0.2, 0) is 11.3 Å². The van der Waals surface area contributed by atoms with Crippen LogP contribution in [-0.4, -0.2) is 44.9 Å². The molecule has 1 N–H and O–H groups in total. The van der Waals surface area contributed by atoms with Gasteiger partial charge in [0.15, 0.2) is 0 Å². The third kappa shape index (κ3) is 4.60. The zero-order valence-corrected chi connectivity index (χ0v) is 16.0. The lowest BCUT2D eigenvalue weighted by Gasteiger charge is -2.31. The van der Waals surface area contributed by atoms with Crippen LogP contribution in [0, 0.1) is 16.0 Å². The van der Waals surface area contributed by atoms with Gasteiger partial charge < -0.3 is 9.88 Å². The van der Waals surface area contributed by atoms with Crippen LogP contribution in [0.4, 0.5) is 11.4 Å². The van der Waals surface area contributed by atoms with Gasteiger partial charge in [-0.15, -0.1) is 0 Å². The van der Waals surface area contributed by atoms with Crippen LogP contribution >= 0.6 is 0 Å². The number of imidazole rings is 1. The number of non-ortho nitro benzene ring substituents is 1. The van der Waals surface area contributed by atoms with Crippen LogP contribution < -0.4 is 5.32 Å². The zero-order valence-electron chi connectivity index (χ0n) is 16.0. The van der Waals surface area contributed by atoms with Gasteiger partial charge in [-0.05, 0) is 50.0 Å². The second kappa shape index (κ2) is 8.40. The van der Waals surface area contributed by atoms with Crippen LogP contribution in [0.1, 0.15) is 12.8 Å². The lowest BCUT2D eigenvalue weighted by molar-refractivity contribution is -0.384. The molecular weight excluding hydrogens is 370 g/mol. The van der Waals surface area contributed by atoms with Crippen LogP contribution in [0.15, 0.2) is 54.9 Å². The minimum atomic E-state index is -0.468. The molecule has 0 unspecified atom stereocenters. The Kier molecular flexibility index (Phi) is 5.53. The van der Waals surface area contributed by atoms with Crippen molar-refractivity contribution >= 4 is 28.3 Å². The number of aromatic nitrogens is 2. The predicted octanol–water partition coefficient (Wildman–Crippen LogP) is 3.30. The number of nitrogens with zero attached hydrogens (tertiary/aromatic N) is 4. The van der Waals surface area contributed by atoms with Gasteiger partial charge in [0.05, 0.1) is 28.8 Å². The number of hydrogen-bond acceptors (Lipinski definition) is 5. The Hall–Kier alpha value is -3.26. The number of benzene rings is 2. The maximum atomic E-state index is 12.3. The summed E-state index contributed by atoms with van der Waals surface area (Å²) in [5, 5.41) is 13.6. The Balaban J connectivity index is 1.27. The van der Waals surface area contributed by atoms with Gasteiger partial charge in [-0.3, -0.25) is 19.8 Å². The molecule has 1 aliphatic rings. The Morgan fingerprint density at radius 2 is 1.97 bits per heavy atom. The number of carbonyl (C=O) groups is 1. The highest BCUT2D eigenvalue weighted by molar-refractivity contribution is 5.92. The fourth-order valence-electron chi connectivity index (χ4n) is 3.86. The van der Waals surface area contributed by atoms with Gasteiger partial charge in [0.1, 0.15) is 0 Å². The van der Waals surface area contributed by atoms with E-state index in [1.165, 1.54) is 12.1 Å². The first kappa shape index (κ1) is 19.1. The summed E-state index contributed by atoms with van der Waals surface area (Å²) < 4.78 is 2.21. The van der Waals surface area contributed by atoms with Gasteiger partial charge in [-0.25, -0.2) is 4.98 Å². The maximum absolute atomic E-state index is 12.3. The van der Waals surface area contributed by atoms with Crippen molar-refractivity contribution < 1.29 is 9.72 Å². The summed E-state index contributed by atoms with van der Waals surface area (Å²) in [5.74, 6) is 0.410. The third-order valence-electron chi connectivity index (χ3n) is 5.40. The quantitative estimate of drug-likeness (QED) is 0.512. The van der Waals surface area contributed by atoms with E-state index in [9.17, 15) is 14.9 Å². The maximum Gasteiger partial charge on any atom is 0.271 e. The highest BCUT2D eigenvalue weighted by Gasteiger charge is 2.22. The molecule has 4 rings (SSSR count).